The Kier molecular flexibility index (Phi) is 7.75. The average molecular weight is 627 g/mol. The third kappa shape index (κ3) is 4.52. The molecule has 4 aliphatic rings. The summed E-state index contributed by atoms with van der Waals surface area (Å²) >= 11 is 0. The summed E-state index contributed by atoms with van der Waals surface area (Å²) in [6, 6.07) is 1.69. The number of methoxy groups -OCH3 is 1. The first-order valence-electron chi connectivity index (χ1n) is 15.3. The van der Waals surface area contributed by atoms with Crippen LogP contribution < -0.4 is 0 Å². The standard InChI is InChI=1S/C34H42O11/c1-9-18(2)27(38)44-29-30(4,5)22(14-24(36)41-8)32(7)21-10-12-31(6)23(15-25(37)43-26(31)20-11-13-42-16-20)33(21,40)17-34(29,28(32)39)45-19(3)35/h9,11,13,15-16,21-22,26,29,40H,10,12,14,17H2,1-8H3/b18-9+/t21-,22+,26+,29+,31-,32-,33+,34+/m1/s1. The normalized spacial score (nSPS) is 38.6. The van der Waals surface area contributed by atoms with E-state index < -0.39 is 87.6 Å². The molecule has 11 nitrogen and oxygen atoms in total. The van der Waals surface area contributed by atoms with Crippen LogP contribution in [0.4, 0.5) is 0 Å². The Hall–Kier alpha value is -3.73. The van der Waals surface area contributed by atoms with E-state index in [-0.39, 0.29) is 12.0 Å². The molecule has 5 rings (SSSR count). The molecule has 3 fully saturated rings. The van der Waals surface area contributed by atoms with Gasteiger partial charge in [-0.05, 0) is 44.2 Å². The summed E-state index contributed by atoms with van der Waals surface area (Å²) in [5.74, 6) is -5.01. The number of hydrogen-bond donors (Lipinski definition) is 1. The first kappa shape index (κ1) is 32.7. The number of furan rings is 1. The summed E-state index contributed by atoms with van der Waals surface area (Å²) in [5, 5.41) is 13.1. The summed E-state index contributed by atoms with van der Waals surface area (Å²) in [5.41, 5.74) is -6.46. The van der Waals surface area contributed by atoms with Gasteiger partial charge in [-0.15, -0.1) is 0 Å². The van der Waals surface area contributed by atoms with Crippen molar-refractivity contribution in [2.75, 3.05) is 7.11 Å². The zero-order chi connectivity index (χ0) is 33.3. The largest absolute Gasteiger partial charge is 0.472 e. The van der Waals surface area contributed by atoms with Crippen molar-refractivity contribution in [1.82, 2.24) is 0 Å². The Morgan fingerprint density at radius 3 is 2.40 bits per heavy atom. The minimum absolute atomic E-state index is 0.235. The highest BCUT2D eigenvalue weighted by molar-refractivity contribution is 5.99. The van der Waals surface area contributed by atoms with Crippen LogP contribution >= 0.6 is 0 Å². The monoisotopic (exact) mass is 626 g/mol. The van der Waals surface area contributed by atoms with Crippen molar-refractivity contribution in [2.24, 2.45) is 28.1 Å². The molecule has 2 bridgehead atoms. The average Bonchev–Trinajstić information content (AvgIpc) is 3.50. The summed E-state index contributed by atoms with van der Waals surface area (Å²) in [7, 11) is 1.25. The van der Waals surface area contributed by atoms with E-state index in [0.29, 0.717) is 24.0 Å². The van der Waals surface area contributed by atoms with Gasteiger partial charge in [-0.1, -0.05) is 33.8 Å². The molecule has 0 saturated heterocycles. The predicted molar refractivity (Wildman–Crippen MR) is 157 cm³/mol. The lowest BCUT2D eigenvalue weighted by Gasteiger charge is -2.70. The maximum Gasteiger partial charge on any atom is 0.333 e. The van der Waals surface area contributed by atoms with Crippen molar-refractivity contribution in [2.45, 2.75) is 97.6 Å². The summed E-state index contributed by atoms with van der Waals surface area (Å²) in [6.45, 7) is 11.5. The van der Waals surface area contributed by atoms with Crippen LogP contribution in [-0.4, -0.2) is 59.2 Å². The number of rotatable bonds is 6. The number of esters is 4. The molecule has 0 unspecified atom stereocenters. The zero-order valence-electron chi connectivity index (χ0n) is 27.1. The predicted octanol–water partition coefficient (Wildman–Crippen LogP) is 4.33. The van der Waals surface area contributed by atoms with Crippen molar-refractivity contribution in [3.8, 4) is 0 Å². The summed E-state index contributed by atoms with van der Waals surface area (Å²) in [6.07, 6.45) is 3.58. The van der Waals surface area contributed by atoms with E-state index in [4.69, 9.17) is 23.4 Å². The minimum atomic E-state index is -2.16. The van der Waals surface area contributed by atoms with Gasteiger partial charge in [0, 0.05) is 59.1 Å². The van der Waals surface area contributed by atoms with Gasteiger partial charge in [0.1, 0.15) is 6.10 Å². The SMILES string of the molecule is C/C=C(\C)C(=O)O[C@H]1C(C)(C)[C@H](CC(=O)OC)[C@]2(C)C(=O)[C@@]1(OC(C)=O)C[C@@]1(O)C3=CC(=O)O[C@@H](c4ccoc4)[C@]3(C)CC[C@H]21. The smallest absolute Gasteiger partial charge is 0.333 e. The molecule has 0 aromatic carbocycles. The maximum absolute atomic E-state index is 15.1. The highest BCUT2D eigenvalue weighted by atomic mass is 16.6. The van der Waals surface area contributed by atoms with Gasteiger partial charge in [0.05, 0.1) is 25.2 Å². The van der Waals surface area contributed by atoms with Crippen molar-refractivity contribution in [3.63, 3.8) is 0 Å². The van der Waals surface area contributed by atoms with Crippen molar-refractivity contribution < 1.29 is 52.4 Å². The molecule has 244 valence electrons. The van der Waals surface area contributed by atoms with Crippen LogP contribution in [0.1, 0.15) is 85.8 Å². The van der Waals surface area contributed by atoms with Gasteiger partial charge in [-0.3, -0.25) is 14.4 Å². The molecular weight excluding hydrogens is 584 g/mol. The van der Waals surface area contributed by atoms with Gasteiger partial charge < -0.3 is 28.5 Å². The molecule has 0 amide bonds. The number of Topliss-reactive ketones (excluding diaryl/α,β-unsaturated/α-hetero) is 1. The molecule has 1 aromatic rings. The molecule has 0 spiro atoms. The van der Waals surface area contributed by atoms with Gasteiger partial charge in [0.2, 0.25) is 5.60 Å². The molecule has 11 heteroatoms. The fourth-order valence-electron chi connectivity index (χ4n) is 9.28. The van der Waals surface area contributed by atoms with E-state index in [9.17, 15) is 24.3 Å². The molecule has 45 heavy (non-hydrogen) atoms. The van der Waals surface area contributed by atoms with Crippen LogP contribution in [0.25, 0.3) is 0 Å². The van der Waals surface area contributed by atoms with Crippen LogP contribution in [0.2, 0.25) is 0 Å². The number of cyclic esters (lactones) is 1. The lowest BCUT2D eigenvalue weighted by Crippen LogP contribution is -2.80. The fraction of sp³-hybridized carbons (Fsp3) is 0.618. The Balaban J connectivity index is 1.79. The van der Waals surface area contributed by atoms with Crippen LogP contribution in [0, 0.1) is 28.1 Å². The molecule has 8 atom stereocenters. The van der Waals surface area contributed by atoms with Crippen molar-refractivity contribution in [3.05, 3.63) is 47.5 Å². The number of ether oxygens (including phenoxy) is 4. The van der Waals surface area contributed by atoms with Gasteiger partial charge in [0.25, 0.3) is 0 Å². The van der Waals surface area contributed by atoms with Crippen LogP contribution in [0.3, 0.4) is 0 Å². The van der Waals surface area contributed by atoms with Crippen molar-refractivity contribution >= 4 is 29.7 Å². The second-order valence-corrected chi connectivity index (χ2v) is 14.0. The van der Waals surface area contributed by atoms with Gasteiger partial charge >= 0.3 is 23.9 Å². The summed E-state index contributed by atoms with van der Waals surface area (Å²) in [4.78, 5) is 67.5. The van der Waals surface area contributed by atoms with Crippen LogP contribution in [-0.2, 0) is 42.9 Å². The quantitative estimate of drug-likeness (QED) is 0.272. The third-order valence-electron chi connectivity index (χ3n) is 11.3. The Labute approximate surface area is 262 Å². The Morgan fingerprint density at radius 1 is 1.13 bits per heavy atom. The minimum Gasteiger partial charge on any atom is -0.472 e. The first-order chi connectivity index (χ1) is 20.9. The summed E-state index contributed by atoms with van der Waals surface area (Å²) < 4.78 is 28.3. The first-order valence-corrected chi connectivity index (χ1v) is 15.3. The van der Waals surface area contributed by atoms with E-state index in [2.05, 4.69) is 0 Å². The number of allylic oxidation sites excluding steroid dienone is 1. The number of aliphatic hydroxyl groups is 1. The lowest BCUT2D eigenvalue weighted by molar-refractivity contribution is -0.278. The molecule has 1 N–H and O–H groups in total. The van der Waals surface area contributed by atoms with Crippen LogP contribution in [0.5, 0.6) is 0 Å². The van der Waals surface area contributed by atoms with E-state index >= 15 is 4.79 Å². The van der Waals surface area contributed by atoms with E-state index in [1.54, 1.807) is 46.8 Å². The van der Waals surface area contributed by atoms with E-state index in [1.165, 1.54) is 25.7 Å². The molecule has 1 aliphatic heterocycles. The highest BCUT2D eigenvalue weighted by Gasteiger charge is 2.80. The second kappa shape index (κ2) is 10.7. The third-order valence-corrected chi connectivity index (χ3v) is 11.3. The maximum atomic E-state index is 15.1. The number of fused-ring (bicyclic) bond motifs is 6. The molecule has 3 saturated carbocycles. The molecular formula is C34H42O11. The van der Waals surface area contributed by atoms with Gasteiger partial charge in [-0.2, -0.15) is 0 Å². The van der Waals surface area contributed by atoms with Gasteiger partial charge in [-0.25, -0.2) is 9.59 Å². The number of hydrogen-bond acceptors (Lipinski definition) is 11. The van der Waals surface area contributed by atoms with Crippen LogP contribution in [0.15, 0.2) is 46.3 Å². The Morgan fingerprint density at radius 2 is 1.82 bits per heavy atom. The molecule has 0 radical (unpaired) electrons. The topological polar surface area (TPSA) is 156 Å². The lowest BCUT2D eigenvalue weighted by atomic mass is 9.36. The number of carbonyl (C=O) groups excluding carboxylic acids is 5. The molecule has 1 aromatic heterocycles. The zero-order valence-corrected chi connectivity index (χ0v) is 27.1. The fourth-order valence-corrected chi connectivity index (χ4v) is 9.28. The highest BCUT2D eigenvalue weighted by Crippen LogP contribution is 2.72. The van der Waals surface area contributed by atoms with Crippen molar-refractivity contribution in [1.29, 1.82) is 0 Å². The van der Waals surface area contributed by atoms with E-state index in [0.717, 1.165) is 6.92 Å². The molecule has 2 heterocycles. The second-order valence-electron chi connectivity index (χ2n) is 14.0. The van der Waals surface area contributed by atoms with E-state index in [1.807, 2.05) is 6.92 Å². The Bertz CT molecular complexity index is 1500. The number of ketones is 1. The van der Waals surface area contributed by atoms with Gasteiger partial charge in [0.15, 0.2) is 11.9 Å². The number of carbonyl (C=O) groups is 5. The molecule has 3 aliphatic carbocycles.